The third-order valence-corrected chi connectivity index (χ3v) is 3.78. The van der Waals surface area contributed by atoms with Gasteiger partial charge in [-0.25, -0.2) is 9.97 Å². The van der Waals surface area contributed by atoms with Crippen LogP contribution in [0, 0.1) is 5.92 Å². The molecule has 1 saturated heterocycles. The van der Waals surface area contributed by atoms with Gasteiger partial charge < -0.3 is 15.3 Å². The van der Waals surface area contributed by atoms with Crippen molar-refractivity contribution in [1.82, 2.24) is 9.97 Å². The lowest BCUT2D eigenvalue weighted by molar-refractivity contribution is 0.208. The molecule has 2 rings (SSSR count). The molecular weight excluding hydrogens is 248 g/mol. The number of thioether (sulfide) groups is 1. The Bertz CT molecular complexity index is 379. The molecule has 0 aromatic carbocycles. The van der Waals surface area contributed by atoms with Crippen LogP contribution in [-0.2, 0) is 0 Å². The van der Waals surface area contributed by atoms with Crippen LogP contribution < -0.4 is 10.2 Å². The summed E-state index contributed by atoms with van der Waals surface area (Å²) in [5, 5.41) is 13.1. The molecule has 1 aromatic heterocycles. The summed E-state index contributed by atoms with van der Waals surface area (Å²) in [4.78, 5) is 11.2. The smallest absolute Gasteiger partial charge is 0.191 e. The molecule has 0 aliphatic carbocycles. The van der Waals surface area contributed by atoms with Gasteiger partial charge in [0, 0.05) is 32.8 Å². The molecule has 6 heteroatoms. The van der Waals surface area contributed by atoms with E-state index in [4.69, 9.17) is 0 Å². The number of piperidine rings is 1. The van der Waals surface area contributed by atoms with Gasteiger partial charge in [0.2, 0.25) is 0 Å². The Morgan fingerprint density at radius 2 is 2.39 bits per heavy atom. The van der Waals surface area contributed by atoms with Crippen LogP contribution in [0.25, 0.3) is 0 Å². The van der Waals surface area contributed by atoms with Gasteiger partial charge in [-0.2, -0.15) is 0 Å². The molecule has 18 heavy (non-hydrogen) atoms. The van der Waals surface area contributed by atoms with Gasteiger partial charge in [-0.15, -0.1) is 0 Å². The Kier molecular flexibility index (Phi) is 4.66. The van der Waals surface area contributed by atoms with Gasteiger partial charge in [0.15, 0.2) is 5.16 Å². The highest BCUT2D eigenvalue weighted by Gasteiger charge is 2.21. The van der Waals surface area contributed by atoms with Crippen molar-refractivity contribution in [3.05, 3.63) is 6.07 Å². The van der Waals surface area contributed by atoms with E-state index in [1.54, 1.807) is 11.8 Å². The molecule has 2 N–H and O–H groups in total. The van der Waals surface area contributed by atoms with E-state index in [0.717, 1.165) is 42.7 Å². The van der Waals surface area contributed by atoms with Crippen LogP contribution in [-0.4, -0.2) is 48.1 Å². The summed E-state index contributed by atoms with van der Waals surface area (Å²) in [5.74, 6) is 2.16. The van der Waals surface area contributed by atoms with Crippen molar-refractivity contribution < 1.29 is 5.11 Å². The lowest BCUT2D eigenvalue weighted by Gasteiger charge is -2.32. The van der Waals surface area contributed by atoms with Crippen molar-refractivity contribution in [2.24, 2.45) is 5.92 Å². The average Bonchev–Trinajstić information content (AvgIpc) is 2.46. The van der Waals surface area contributed by atoms with E-state index >= 15 is 0 Å². The second-order valence-corrected chi connectivity index (χ2v) is 5.26. The van der Waals surface area contributed by atoms with Crippen LogP contribution in [0.4, 0.5) is 11.6 Å². The number of aliphatic hydroxyl groups is 1. The first kappa shape index (κ1) is 13.4. The summed E-state index contributed by atoms with van der Waals surface area (Å²) in [6.07, 6.45) is 4.19. The highest BCUT2D eigenvalue weighted by molar-refractivity contribution is 7.98. The fourth-order valence-electron chi connectivity index (χ4n) is 2.22. The van der Waals surface area contributed by atoms with Gasteiger partial charge in [0.1, 0.15) is 11.6 Å². The van der Waals surface area contributed by atoms with Gasteiger partial charge in [0.05, 0.1) is 0 Å². The minimum Gasteiger partial charge on any atom is -0.396 e. The molecule has 1 fully saturated rings. The highest BCUT2D eigenvalue weighted by Crippen LogP contribution is 2.25. The lowest BCUT2D eigenvalue weighted by Crippen LogP contribution is -2.37. The van der Waals surface area contributed by atoms with Crippen LogP contribution in [0.5, 0.6) is 0 Å². The molecule has 0 radical (unpaired) electrons. The zero-order chi connectivity index (χ0) is 13.0. The second kappa shape index (κ2) is 6.24. The standard InChI is InChI=1S/C12H20N4OS/c1-13-10-6-11(15-12(14-10)18-2)16-5-3-4-9(7-16)8-17/h6,9,17H,3-5,7-8H2,1-2H3,(H,13,14,15). The largest absolute Gasteiger partial charge is 0.396 e. The predicted molar refractivity (Wildman–Crippen MR) is 75.4 cm³/mol. The molecule has 0 amide bonds. The van der Waals surface area contributed by atoms with Crippen LogP contribution >= 0.6 is 11.8 Å². The molecule has 0 spiro atoms. The number of aliphatic hydroxyl groups excluding tert-OH is 1. The molecule has 1 aliphatic rings. The molecule has 0 bridgehead atoms. The quantitative estimate of drug-likeness (QED) is 0.636. The molecule has 5 nitrogen and oxygen atoms in total. The number of nitrogens with zero attached hydrogens (tertiary/aromatic N) is 3. The summed E-state index contributed by atoms with van der Waals surface area (Å²) in [7, 11) is 1.86. The third-order valence-electron chi connectivity index (χ3n) is 3.23. The number of aromatic nitrogens is 2. The van der Waals surface area contributed by atoms with E-state index in [1.807, 2.05) is 19.4 Å². The normalized spacial score (nSPS) is 19.9. The lowest BCUT2D eigenvalue weighted by atomic mass is 9.99. The van der Waals surface area contributed by atoms with E-state index in [1.165, 1.54) is 0 Å². The van der Waals surface area contributed by atoms with Crippen molar-refractivity contribution in [2.75, 3.05) is 43.2 Å². The molecule has 100 valence electrons. The maximum atomic E-state index is 9.28. The monoisotopic (exact) mass is 268 g/mol. The molecule has 1 atom stereocenters. The zero-order valence-electron chi connectivity index (χ0n) is 10.9. The molecule has 1 aromatic rings. The highest BCUT2D eigenvalue weighted by atomic mass is 32.2. The maximum Gasteiger partial charge on any atom is 0.191 e. The number of hydrogen-bond donors (Lipinski definition) is 2. The molecule has 2 heterocycles. The fourth-order valence-corrected chi connectivity index (χ4v) is 2.59. The van der Waals surface area contributed by atoms with Gasteiger partial charge in [-0.05, 0) is 25.0 Å². The Balaban J connectivity index is 2.20. The Labute approximate surface area is 112 Å². The first-order valence-corrected chi connectivity index (χ1v) is 7.46. The minimum absolute atomic E-state index is 0.260. The second-order valence-electron chi connectivity index (χ2n) is 4.48. The Morgan fingerprint density at radius 3 is 3.06 bits per heavy atom. The average molecular weight is 268 g/mol. The summed E-state index contributed by atoms with van der Waals surface area (Å²) >= 11 is 1.54. The Morgan fingerprint density at radius 1 is 1.56 bits per heavy atom. The van der Waals surface area contributed by atoms with Crippen molar-refractivity contribution in [3.63, 3.8) is 0 Å². The van der Waals surface area contributed by atoms with Gasteiger partial charge >= 0.3 is 0 Å². The van der Waals surface area contributed by atoms with E-state index in [9.17, 15) is 5.11 Å². The Hall–Kier alpha value is -1.01. The molecule has 1 unspecified atom stereocenters. The zero-order valence-corrected chi connectivity index (χ0v) is 11.7. The van der Waals surface area contributed by atoms with Crippen LogP contribution in [0.2, 0.25) is 0 Å². The summed E-state index contributed by atoms with van der Waals surface area (Å²) in [5.41, 5.74) is 0. The first-order chi connectivity index (χ1) is 8.76. The summed E-state index contributed by atoms with van der Waals surface area (Å²) in [6.45, 7) is 2.14. The molecule has 1 aliphatic heterocycles. The number of hydrogen-bond acceptors (Lipinski definition) is 6. The van der Waals surface area contributed by atoms with Gasteiger partial charge in [-0.3, -0.25) is 0 Å². The van der Waals surface area contributed by atoms with Crippen molar-refractivity contribution in [3.8, 4) is 0 Å². The van der Waals surface area contributed by atoms with Crippen LogP contribution in [0.3, 0.4) is 0 Å². The van der Waals surface area contributed by atoms with Crippen LogP contribution in [0.1, 0.15) is 12.8 Å². The summed E-state index contributed by atoms with van der Waals surface area (Å²) < 4.78 is 0. The van der Waals surface area contributed by atoms with E-state index in [-0.39, 0.29) is 6.61 Å². The molecule has 0 saturated carbocycles. The van der Waals surface area contributed by atoms with E-state index in [0.29, 0.717) is 5.92 Å². The first-order valence-electron chi connectivity index (χ1n) is 6.23. The van der Waals surface area contributed by atoms with Crippen molar-refractivity contribution in [2.45, 2.75) is 18.0 Å². The maximum absolute atomic E-state index is 9.28. The van der Waals surface area contributed by atoms with Gasteiger partial charge in [-0.1, -0.05) is 11.8 Å². The van der Waals surface area contributed by atoms with E-state index < -0.39 is 0 Å². The van der Waals surface area contributed by atoms with Crippen molar-refractivity contribution in [1.29, 1.82) is 0 Å². The fraction of sp³-hybridized carbons (Fsp3) is 0.667. The number of nitrogens with one attached hydrogen (secondary N) is 1. The topological polar surface area (TPSA) is 61.3 Å². The minimum atomic E-state index is 0.260. The SMILES string of the molecule is CNc1cc(N2CCCC(CO)C2)nc(SC)n1. The third kappa shape index (κ3) is 3.05. The molecular formula is C12H20N4OS. The van der Waals surface area contributed by atoms with E-state index in [2.05, 4.69) is 20.2 Å². The number of anilines is 2. The number of rotatable bonds is 4. The van der Waals surface area contributed by atoms with Crippen LogP contribution in [0.15, 0.2) is 11.2 Å². The van der Waals surface area contributed by atoms with Crippen molar-refractivity contribution >= 4 is 23.4 Å². The van der Waals surface area contributed by atoms with Gasteiger partial charge in [0.25, 0.3) is 0 Å². The summed E-state index contributed by atoms with van der Waals surface area (Å²) in [6, 6.07) is 1.97. The predicted octanol–water partition coefficient (Wildman–Crippen LogP) is 1.45.